The molecular formula is C18H23N3O3. The van der Waals surface area contributed by atoms with E-state index in [1.807, 2.05) is 6.07 Å². The highest BCUT2D eigenvalue weighted by Gasteiger charge is 2.44. The van der Waals surface area contributed by atoms with Crippen LogP contribution in [0.4, 0.5) is 5.82 Å². The van der Waals surface area contributed by atoms with Crippen LogP contribution >= 0.6 is 0 Å². The molecule has 1 aromatic heterocycles. The zero-order chi connectivity index (χ0) is 17.2. The highest BCUT2D eigenvalue weighted by Crippen LogP contribution is 2.40. The molecule has 24 heavy (non-hydrogen) atoms. The van der Waals surface area contributed by atoms with Gasteiger partial charge >= 0.3 is 5.97 Å². The number of fused-ring (bicyclic) bond motifs is 1. The van der Waals surface area contributed by atoms with E-state index in [4.69, 9.17) is 4.74 Å². The molecule has 1 aromatic rings. The molecule has 0 unspecified atom stereocenters. The van der Waals surface area contributed by atoms with Crippen LogP contribution in [0, 0.1) is 5.41 Å². The summed E-state index contributed by atoms with van der Waals surface area (Å²) in [5.74, 6) is 0.360. The van der Waals surface area contributed by atoms with Gasteiger partial charge in [-0.15, -0.1) is 0 Å². The zero-order valence-corrected chi connectivity index (χ0v) is 14.2. The number of nitrogens with zero attached hydrogens (tertiary/aromatic N) is 2. The number of ether oxygens (including phenoxy) is 1. The van der Waals surface area contributed by atoms with Gasteiger partial charge < -0.3 is 15.0 Å². The molecule has 0 aliphatic carbocycles. The number of nitrogens with one attached hydrogen (secondary N) is 1. The molecule has 2 aliphatic heterocycles. The molecule has 3 rings (SSSR count). The standard InChI is InChI=1S/C18H23N3O3/c1-3-24-15(22)5-4-13-10-14-11-18(6-8-21(2)9-7-18)17(23)20-16(14)19-12-13/h4-5,10,12H,3,6-9,11H2,1-2H3,(H,19,20,23). The summed E-state index contributed by atoms with van der Waals surface area (Å²) in [6, 6.07) is 2.00. The molecule has 2 aliphatic rings. The number of esters is 1. The Hall–Kier alpha value is -2.21. The lowest BCUT2D eigenvalue weighted by Gasteiger charge is -2.42. The van der Waals surface area contributed by atoms with Gasteiger partial charge in [0.2, 0.25) is 5.91 Å². The highest BCUT2D eigenvalue weighted by molar-refractivity contribution is 5.97. The predicted molar refractivity (Wildman–Crippen MR) is 91.4 cm³/mol. The first-order valence-electron chi connectivity index (χ1n) is 8.36. The number of carbonyl (C=O) groups is 2. The summed E-state index contributed by atoms with van der Waals surface area (Å²) in [6.45, 7) is 3.99. The number of rotatable bonds is 3. The van der Waals surface area contributed by atoms with Crippen molar-refractivity contribution in [1.29, 1.82) is 0 Å². The normalized spacial score (nSPS) is 20.0. The van der Waals surface area contributed by atoms with Gasteiger partial charge in [0, 0.05) is 12.3 Å². The number of likely N-dealkylation sites (tertiary alicyclic amines) is 1. The van der Waals surface area contributed by atoms with Gasteiger partial charge in [-0.25, -0.2) is 9.78 Å². The summed E-state index contributed by atoms with van der Waals surface area (Å²) in [5.41, 5.74) is 1.54. The minimum atomic E-state index is -0.365. The van der Waals surface area contributed by atoms with Gasteiger partial charge in [-0.2, -0.15) is 0 Å². The lowest BCUT2D eigenvalue weighted by Crippen LogP contribution is -2.49. The highest BCUT2D eigenvalue weighted by atomic mass is 16.5. The smallest absolute Gasteiger partial charge is 0.330 e. The Labute approximate surface area is 141 Å². The molecule has 0 radical (unpaired) electrons. The summed E-state index contributed by atoms with van der Waals surface area (Å²) >= 11 is 0. The minimum absolute atomic E-state index is 0.0883. The van der Waals surface area contributed by atoms with Crippen molar-refractivity contribution in [3.05, 3.63) is 29.5 Å². The number of hydrogen-bond donors (Lipinski definition) is 1. The van der Waals surface area contributed by atoms with E-state index in [1.165, 1.54) is 6.08 Å². The number of anilines is 1. The second kappa shape index (κ2) is 6.73. The fourth-order valence-electron chi connectivity index (χ4n) is 3.36. The Morgan fingerprint density at radius 3 is 2.92 bits per heavy atom. The molecule has 1 amide bonds. The first-order chi connectivity index (χ1) is 11.5. The van der Waals surface area contributed by atoms with Crippen molar-refractivity contribution in [2.45, 2.75) is 26.2 Å². The Morgan fingerprint density at radius 1 is 1.46 bits per heavy atom. The maximum atomic E-state index is 12.6. The first-order valence-corrected chi connectivity index (χ1v) is 8.36. The molecule has 0 atom stereocenters. The van der Waals surface area contributed by atoms with E-state index in [0.717, 1.165) is 37.1 Å². The Kier molecular flexibility index (Phi) is 4.66. The lowest BCUT2D eigenvalue weighted by molar-refractivity contribution is -0.137. The SMILES string of the molecule is CCOC(=O)C=Cc1cnc2c(c1)CC1(CCN(C)CC1)C(=O)N2. The van der Waals surface area contributed by atoms with Crippen LogP contribution in [0.5, 0.6) is 0 Å². The lowest BCUT2D eigenvalue weighted by atomic mass is 9.71. The predicted octanol–water partition coefficient (Wildman–Crippen LogP) is 1.86. The molecule has 1 N–H and O–H groups in total. The molecule has 0 aromatic carbocycles. The molecular weight excluding hydrogens is 306 g/mol. The topological polar surface area (TPSA) is 71.5 Å². The van der Waals surface area contributed by atoms with E-state index in [0.29, 0.717) is 18.8 Å². The molecule has 0 bridgehead atoms. The van der Waals surface area contributed by atoms with Gasteiger partial charge in [-0.1, -0.05) is 0 Å². The average Bonchev–Trinajstić information content (AvgIpc) is 2.57. The van der Waals surface area contributed by atoms with Crippen LogP contribution in [-0.4, -0.2) is 48.5 Å². The number of amides is 1. The van der Waals surface area contributed by atoms with Crippen LogP contribution < -0.4 is 5.32 Å². The van der Waals surface area contributed by atoms with Gasteiger partial charge in [0.05, 0.1) is 12.0 Å². The summed E-state index contributed by atoms with van der Waals surface area (Å²) in [7, 11) is 2.08. The average molecular weight is 329 g/mol. The van der Waals surface area contributed by atoms with Crippen LogP contribution in [0.15, 0.2) is 18.3 Å². The van der Waals surface area contributed by atoms with E-state index < -0.39 is 0 Å². The molecule has 1 fully saturated rings. The first kappa shape index (κ1) is 16.6. The summed E-state index contributed by atoms with van der Waals surface area (Å²) < 4.78 is 4.88. The molecule has 0 saturated carbocycles. The van der Waals surface area contributed by atoms with Crippen molar-refractivity contribution in [1.82, 2.24) is 9.88 Å². The van der Waals surface area contributed by atoms with E-state index in [2.05, 4.69) is 22.2 Å². The third kappa shape index (κ3) is 3.33. The van der Waals surface area contributed by atoms with Crippen molar-refractivity contribution < 1.29 is 14.3 Å². The Bertz CT molecular complexity index is 676. The second-order valence-electron chi connectivity index (χ2n) is 6.58. The summed E-state index contributed by atoms with van der Waals surface area (Å²) in [4.78, 5) is 30.6. The monoisotopic (exact) mass is 329 g/mol. The molecule has 6 heteroatoms. The molecule has 1 saturated heterocycles. The van der Waals surface area contributed by atoms with Gasteiger partial charge in [-0.05, 0) is 69.6 Å². The Balaban J connectivity index is 1.80. The number of aromatic nitrogens is 1. The van der Waals surface area contributed by atoms with Crippen LogP contribution in [0.1, 0.15) is 30.9 Å². The van der Waals surface area contributed by atoms with Crippen LogP contribution in [0.2, 0.25) is 0 Å². The largest absolute Gasteiger partial charge is 0.463 e. The molecule has 1 spiro atoms. The molecule has 3 heterocycles. The summed E-state index contributed by atoms with van der Waals surface area (Å²) in [5, 5.41) is 2.96. The van der Waals surface area contributed by atoms with Gasteiger partial charge in [0.1, 0.15) is 5.82 Å². The van der Waals surface area contributed by atoms with Crippen LogP contribution in [0.25, 0.3) is 6.08 Å². The van der Waals surface area contributed by atoms with Crippen LogP contribution in [-0.2, 0) is 20.7 Å². The number of piperidine rings is 1. The van der Waals surface area contributed by atoms with E-state index in [9.17, 15) is 9.59 Å². The van der Waals surface area contributed by atoms with Crippen molar-refractivity contribution in [3.8, 4) is 0 Å². The van der Waals surface area contributed by atoms with Gasteiger partial charge in [-0.3, -0.25) is 4.79 Å². The van der Waals surface area contributed by atoms with Gasteiger partial charge in [0.15, 0.2) is 0 Å². The maximum absolute atomic E-state index is 12.6. The minimum Gasteiger partial charge on any atom is -0.463 e. The van der Waals surface area contributed by atoms with Crippen molar-refractivity contribution in [2.75, 3.05) is 32.1 Å². The van der Waals surface area contributed by atoms with Crippen molar-refractivity contribution in [3.63, 3.8) is 0 Å². The maximum Gasteiger partial charge on any atom is 0.330 e. The third-order valence-electron chi connectivity index (χ3n) is 4.87. The molecule has 6 nitrogen and oxygen atoms in total. The van der Waals surface area contributed by atoms with E-state index in [1.54, 1.807) is 19.2 Å². The molecule has 128 valence electrons. The fourth-order valence-corrected chi connectivity index (χ4v) is 3.36. The fraction of sp³-hybridized carbons (Fsp3) is 0.500. The third-order valence-corrected chi connectivity index (χ3v) is 4.87. The van der Waals surface area contributed by atoms with Crippen molar-refractivity contribution >= 4 is 23.8 Å². The Morgan fingerprint density at radius 2 is 2.21 bits per heavy atom. The quantitative estimate of drug-likeness (QED) is 0.677. The van der Waals surface area contributed by atoms with Crippen molar-refractivity contribution in [2.24, 2.45) is 5.41 Å². The van der Waals surface area contributed by atoms with E-state index >= 15 is 0 Å². The zero-order valence-electron chi connectivity index (χ0n) is 14.2. The van der Waals surface area contributed by atoms with Gasteiger partial charge in [0.25, 0.3) is 0 Å². The number of carbonyl (C=O) groups excluding carboxylic acids is 2. The summed E-state index contributed by atoms with van der Waals surface area (Å²) in [6.07, 6.45) is 7.18. The van der Waals surface area contributed by atoms with E-state index in [-0.39, 0.29) is 17.3 Å². The number of pyridine rings is 1. The van der Waals surface area contributed by atoms with Crippen LogP contribution in [0.3, 0.4) is 0 Å². The second-order valence-corrected chi connectivity index (χ2v) is 6.58. The number of hydrogen-bond acceptors (Lipinski definition) is 5.